The zero-order valence-corrected chi connectivity index (χ0v) is 9.02. The van der Waals surface area contributed by atoms with Crippen molar-refractivity contribution in [3.8, 4) is 12.3 Å². The monoisotopic (exact) mass is 218 g/mol. The maximum Gasteiger partial charge on any atom is 0.488 e. The van der Waals surface area contributed by atoms with Crippen molar-refractivity contribution in [2.75, 3.05) is 7.11 Å². The van der Waals surface area contributed by atoms with E-state index in [-0.39, 0.29) is 11.0 Å². The largest absolute Gasteiger partial charge is 0.488 e. The average Bonchev–Trinajstić information content (AvgIpc) is 2.27. The van der Waals surface area contributed by atoms with Gasteiger partial charge >= 0.3 is 13.1 Å². The molecule has 16 heavy (non-hydrogen) atoms. The number of hydrogen-bond donors (Lipinski definition) is 2. The molecular formula is C11H11BO4. The van der Waals surface area contributed by atoms with E-state index >= 15 is 0 Å². The molecule has 0 heterocycles. The van der Waals surface area contributed by atoms with Crippen LogP contribution in [0.1, 0.15) is 21.5 Å². The van der Waals surface area contributed by atoms with Crippen LogP contribution in [0, 0.1) is 19.3 Å². The minimum atomic E-state index is -1.67. The zero-order valence-electron chi connectivity index (χ0n) is 9.02. The normalized spacial score (nSPS) is 9.44. The Balaban J connectivity index is 3.41. The molecule has 0 bridgehead atoms. The van der Waals surface area contributed by atoms with Gasteiger partial charge in [-0.1, -0.05) is 5.92 Å². The molecule has 0 saturated carbocycles. The molecule has 0 fully saturated rings. The van der Waals surface area contributed by atoms with E-state index in [2.05, 4.69) is 10.7 Å². The maximum absolute atomic E-state index is 11.3. The molecule has 2 N–H and O–H groups in total. The van der Waals surface area contributed by atoms with Crippen molar-refractivity contribution >= 4 is 18.6 Å². The highest BCUT2D eigenvalue weighted by molar-refractivity contribution is 6.59. The van der Waals surface area contributed by atoms with Gasteiger partial charge in [-0.3, -0.25) is 0 Å². The molecule has 0 aliphatic heterocycles. The third kappa shape index (κ3) is 2.24. The van der Waals surface area contributed by atoms with Gasteiger partial charge in [0.1, 0.15) is 0 Å². The van der Waals surface area contributed by atoms with Gasteiger partial charge in [0.05, 0.1) is 12.7 Å². The van der Waals surface area contributed by atoms with Gasteiger partial charge in [0, 0.05) is 5.56 Å². The van der Waals surface area contributed by atoms with Crippen LogP contribution in [0.4, 0.5) is 0 Å². The van der Waals surface area contributed by atoms with Crippen LogP contribution in [-0.2, 0) is 4.74 Å². The molecule has 0 atom stereocenters. The summed E-state index contributed by atoms with van der Waals surface area (Å²) in [7, 11) is -0.427. The summed E-state index contributed by atoms with van der Waals surface area (Å²) in [6.45, 7) is 1.66. The fourth-order valence-corrected chi connectivity index (χ4v) is 1.39. The third-order valence-corrected chi connectivity index (χ3v) is 2.30. The van der Waals surface area contributed by atoms with Gasteiger partial charge in [0.2, 0.25) is 0 Å². The van der Waals surface area contributed by atoms with Crippen LogP contribution >= 0.6 is 0 Å². The molecule has 1 rings (SSSR count). The summed E-state index contributed by atoms with van der Waals surface area (Å²) in [6.07, 6.45) is 5.26. The maximum atomic E-state index is 11.3. The number of esters is 1. The molecule has 0 radical (unpaired) electrons. The molecular weight excluding hydrogens is 207 g/mol. The molecule has 1 aromatic carbocycles. The van der Waals surface area contributed by atoms with Crippen LogP contribution in [-0.4, -0.2) is 30.2 Å². The second kappa shape index (κ2) is 4.84. The van der Waals surface area contributed by atoms with Crippen LogP contribution in [0.3, 0.4) is 0 Å². The van der Waals surface area contributed by atoms with E-state index in [9.17, 15) is 4.79 Å². The number of benzene rings is 1. The number of methoxy groups -OCH3 is 1. The van der Waals surface area contributed by atoms with Crippen molar-refractivity contribution in [1.29, 1.82) is 0 Å². The van der Waals surface area contributed by atoms with Gasteiger partial charge in [-0.2, -0.15) is 0 Å². The highest BCUT2D eigenvalue weighted by Crippen LogP contribution is 2.09. The van der Waals surface area contributed by atoms with E-state index in [0.29, 0.717) is 11.1 Å². The number of ether oxygens (including phenoxy) is 1. The van der Waals surface area contributed by atoms with E-state index in [1.165, 1.54) is 19.2 Å². The van der Waals surface area contributed by atoms with Gasteiger partial charge < -0.3 is 14.8 Å². The lowest BCUT2D eigenvalue weighted by atomic mass is 9.75. The van der Waals surface area contributed by atoms with Gasteiger partial charge in [-0.25, -0.2) is 4.79 Å². The molecule has 0 aliphatic carbocycles. The smallest absolute Gasteiger partial charge is 0.465 e. The standard InChI is InChI=1S/C11H11BO4/c1-4-8-5-9(11(13)16-3)6-10(7(8)2)12(14)15/h1,5-6,14-15H,2-3H3. The highest BCUT2D eigenvalue weighted by atomic mass is 16.5. The van der Waals surface area contributed by atoms with Crippen molar-refractivity contribution in [2.24, 2.45) is 0 Å². The lowest BCUT2D eigenvalue weighted by molar-refractivity contribution is 0.0601. The molecule has 4 nitrogen and oxygen atoms in total. The Morgan fingerprint density at radius 2 is 2.12 bits per heavy atom. The van der Waals surface area contributed by atoms with Crippen LogP contribution in [0.25, 0.3) is 0 Å². The van der Waals surface area contributed by atoms with E-state index in [0.717, 1.165) is 0 Å². The molecule has 0 spiro atoms. The second-order valence-corrected chi connectivity index (χ2v) is 3.25. The molecule has 5 heteroatoms. The molecule has 0 unspecified atom stereocenters. The summed E-state index contributed by atoms with van der Waals surface area (Å²) in [5.41, 5.74) is 1.40. The molecule has 1 aromatic rings. The Labute approximate surface area is 94.0 Å². The molecule has 0 saturated heterocycles. The van der Waals surface area contributed by atoms with Crippen LogP contribution in [0.2, 0.25) is 0 Å². The molecule has 82 valence electrons. The van der Waals surface area contributed by atoms with Crippen molar-refractivity contribution in [1.82, 2.24) is 0 Å². The second-order valence-electron chi connectivity index (χ2n) is 3.25. The summed E-state index contributed by atoms with van der Waals surface area (Å²) in [6, 6.07) is 2.83. The summed E-state index contributed by atoms with van der Waals surface area (Å²) >= 11 is 0. The topological polar surface area (TPSA) is 66.8 Å². The fourth-order valence-electron chi connectivity index (χ4n) is 1.39. The quantitative estimate of drug-likeness (QED) is 0.396. The van der Waals surface area contributed by atoms with E-state index in [1.54, 1.807) is 6.92 Å². The number of terminal acetylenes is 1. The van der Waals surface area contributed by atoms with Crippen LogP contribution < -0.4 is 5.46 Å². The van der Waals surface area contributed by atoms with Gasteiger partial charge in [0.25, 0.3) is 0 Å². The minimum Gasteiger partial charge on any atom is -0.465 e. The first-order chi connectivity index (χ1) is 7.51. The van der Waals surface area contributed by atoms with E-state index in [1.807, 2.05) is 0 Å². The Bertz CT molecular complexity index is 460. The molecule has 0 amide bonds. The Morgan fingerprint density at radius 1 is 1.50 bits per heavy atom. The number of carbonyl (C=O) groups excluding carboxylic acids is 1. The average molecular weight is 218 g/mol. The van der Waals surface area contributed by atoms with Gasteiger partial charge in [-0.15, -0.1) is 6.42 Å². The summed E-state index contributed by atoms with van der Waals surface area (Å²) < 4.78 is 4.54. The predicted molar refractivity (Wildman–Crippen MR) is 60.3 cm³/mol. The Kier molecular flexibility index (Phi) is 3.72. The number of rotatable bonds is 2. The lowest BCUT2D eigenvalue weighted by Crippen LogP contribution is -2.33. The lowest BCUT2D eigenvalue weighted by Gasteiger charge is -2.09. The Hall–Kier alpha value is -1.77. The fraction of sp³-hybridized carbons (Fsp3) is 0.182. The Morgan fingerprint density at radius 3 is 2.56 bits per heavy atom. The van der Waals surface area contributed by atoms with Crippen molar-refractivity contribution in [2.45, 2.75) is 6.92 Å². The molecule has 0 aromatic heterocycles. The van der Waals surface area contributed by atoms with Crippen molar-refractivity contribution < 1.29 is 19.6 Å². The number of carbonyl (C=O) groups is 1. The first-order valence-electron chi connectivity index (χ1n) is 4.56. The van der Waals surface area contributed by atoms with Gasteiger partial charge in [-0.05, 0) is 30.1 Å². The van der Waals surface area contributed by atoms with Crippen molar-refractivity contribution in [3.63, 3.8) is 0 Å². The van der Waals surface area contributed by atoms with Crippen LogP contribution in [0.5, 0.6) is 0 Å². The minimum absolute atomic E-state index is 0.198. The van der Waals surface area contributed by atoms with Crippen molar-refractivity contribution in [3.05, 3.63) is 28.8 Å². The first-order valence-corrected chi connectivity index (χ1v) is 4.56. The third-order valence-electron chi connectivity index (χ3n) is 2.30. The van der Waals surface area contributed by atoms with Crippen LogP contribution in [0.15, 0.2) is 12.1 Å². The number of hydrogen-bond acceptors (Lipinski definition) is 4. The predicted octanol–water partition coefficient (Wildman–Crippen LogP) is -0.557. The highest BCUT2D eigenvalue weighted by Gasteiger charge is 2.19. The molecule has 0 aliphatic rings. The zero-order chi connectivity index (χ0) is 12.3. The van der Waals surface area contributed by atoms with E-state index < -0.39 is 13.1 Å². The SMILES string of the molecule is C#Cc1cc(C(=O)OC)cc(B(O)O)c1C. The first kappa shape index (κ1) is 12.3. The summed E-state index contributed by atoms with van der Waals surface area (Å²) in [4.78, 5) is 11.3. The summed E-state index contributed by atoms with van der Waals surface area (Å²) in [5.74, 6) is 1.81. The summed E-state index contributed by atoms with van der Waals surface area (Å²) in [5, 5.41) is 18.3. The van der Waals surface area contributed by atoms with Gasteiger partial charge in [0.15, 0.2) is 0 Å². The van der Waals surface area contributed by atoms with E-state index in [4.69, 9.17) is 16.5 Å².